The number of likely N-dealkylation sites (N-methyl/N-ethyl adjacent to an activating group) is 1. The van der Waals surface area contributed by atoms with Crippen LogP contribution < -0.4 is 4.90 Å². The fraction of sp³-hybridized carbons (Fsp3) is 0.455. The molecule has 3 heteroatoms. The molecule has 0 atom stereocenters. The van der Waals surface area contributed by atoms with Gasteiger partial charge >= 0.3 is 0 Å². The molecule has 0 bridgehead atoms. The average molecular weight is 211 g/mol. The quantitative estimate of drug-likeness (QED) is 0.774. The molecule has 78 valence electrons. The summed E-state index contributed by atoms with van der Waals surface area (Å²) in [5, 5.41) is 4.31. The topological polar surface area (TPSA) is 7.68 Å². The summed E-state index contributed by atoms with van der Waals surface area (Å²) in [6.07, 6.45) is 2.29. The Morgan fingerprint density at radius 1 is 1.50 bits per heavy atom. The van der Waals surface area contributed by atoms with Crippen molar-refractivity contribution in [1.82, 2.24) is 4.90 Å². The first-order valence-electron chi connectivity index (χ1n) is 4.80. The number of hydrogen-bond donors (Lipinski definition) is 1. The van der Waals surface area contributed by atoms with Gasteiger partial charge in [-0.2, -0.15) is 11.3 Å². The van der Waals surface area contributed by atoms with E-state index in [2.05, 4.69) is 56.0 Å². The third-order valence-electron chi connectivity index (χ3n) is 2.00. The van der Waals surface area contributed by atoms with Crippen molar-refractivity contribution in [3.05, 3.63) is 28.5 Å². The molecular weight excluding hydrogens is 192 g/mol. The van der Waals surface area contributed by atoms with Gasteiger partial charge in [0.15, 0.2) is 0 Å². The van der Waals surface area contributed by atoms with E-state index in [0.29, 0.717) is 0 Å². The number of quaternary nitrogens is 1. The van der Waals surface area contributed by atoms with E-state index in [1.165, 1.54) is 16.2 Å². The molecule has 0 aliphatic rings. The molecule has 1 aromatic rings. The van der Waals surface area contributed by atoms with E-state index in [1.54, 1.807) is 11.3 Å². The highest BCUT2D eigenvalue weighted by atomic mass is 32.1. The van der Waals surface area contributed by atoms with Crippen LogP contribution in [-0.4, -0.2) is 39.6 Å². The van der Waals surface area contributed by atoms with Crippen LogP contribution in [0.2, 0.25) is 0 Å². The lowest BCUT2D eigenvalue weighted by Crippen LogP contribution is -3.05. The third-order valence-corrected chi connectivity index (χ3v) is 2.69. The summed E-state index contributed by atoms with van der Waals surface area (Å²) >= 11 is 1.75. The Morgan fingerprint density at radius 2 is 2.21 bits per heavy atom. The summed E-state index contributed by atoms with van der Waals surface area (Å²) < 4.78 is 0. The Morgan fingerprint density at radius 3 is 2.64 bits per heavy atom. The monoisotopic (exact) mass is 211 g/mol. The van der Waals surface area contributed by atoms with Crippen LogP contribution in [0.1, 0.15) is 5.56 Å². The van der Waals surface area contributed by atoms with Gasteiger partial charge in [-0.1, -0.05) is 0 Å². The van der Waals surface area contributed by atoms with Crippen molar-refractivity contribution in [3.8, 4) is 0 Å². The summed E-state index contributed by atoms with van der Waals surface area (Å²) in [5.74, 6) is 0. The van der Waals surface area contributed by atoms with Gasteiger partial charge in [0.25, 0.3) is 0 Å². The zero-order valence-electron chi connectivity index (χ0n) is 9.37. The van der Waals surface area contributed by atoms with Crippen molar-refractivity contribution in [3.63, 3.8) is 0 Å². The smallest absolute Gasteiger partial charge is 0.0977 e. The summed E-state index contributed by atoms with van der Waals surface area (Å²) in [7, 11) is 8.51. The molecule has 0 aliphatic heterocycles. The maximum Gasteiger partial charge on any atom is 0.0977 e. The molecule has 2 nitrogen and oxygen atoms in total. The molecule has 0 spiro atoms. The second-order valence-electron chi connectivity index (χ2n) is 3.91. The van der Waals surface area contributed by atoms with Gasteiger partial charge in [-0.25, -0.2) is 0 Å². The molecule has 0 amide bonds. The molecular formula is C11H19N2S+. The summed E-state index contributed by atoms with van der Waals surface area (Å²) in [6, 6.07) is 2.17. The average Bonchev–Trinajstić information content (AvgIpc) is 2.56. The van der Waals surface area contributed by atoms with Crippen LogP contribution in [0.5, 0.6) is 0 Å². The Kier molecular flexibility index (Phi) is 4.17. The van der Waals surface area contributed by atoms with Gasteiger partial charge in [-0.15, -0.1) is 0 Å². The molecule has 0 fully saturated rings. The molecule has 0 aliphatic carbocycles. The minimum absolute atomic E-state index is 1.06. The van der Waals surface area contributed by atoms with E-state index in [4.69, 9.17) is 0 Å². The van der Waals surface area contributed by atoms with E-state index in [1.807, 2.05) is 0 Å². The molecule has 1 rings (SSSR count). The van der Waals surface area contributed by atoms with E-state index < -0.39 is 0 Å². The SMILES string of the molecule is CN(C)/C(=C\C[NH+](C)C)c1ccsc1. The predicted octanol–water partition coefficient (Wildman–Crippen LogP) is 0.795. The first kappa shape index (κ1) is 11.3. The zero-order valence-corrected chi connectivity index (χ0v) is 10.2. The normalized spacial score (nSPS) is 12.2. The Bertz CT molecular complexity index is 286. The van der Waals surface area contributed by atoms with Gasteiger partial charge in [0.1, 0.15) is 0 Å². The third kappa shape index (κ3) is 3.16. The number of hydrogen-bond acceptors (Lipinski definition) is 2. The second kappa shape index (κ2) is 5.17. The lowest BCUT2D eigenvalue weighted by Gasteiger charge is -2.16. The number of nitrogens with zero attached hydrogens (tertiary/aromatic N) is 1. The van der Waals surface area contributed by atoms with Gasteiger partial charge in [-0.05, 0) is 22.9 Å². The van der Waals surface area contributed by atoms with Gasteiger partial charge in [-0.3, -0.25) is 0 Å². The lowest BCUT2D eigenvalue weighted by molar-refractivity contribution is -0.851. The van der Waals surface area contributed by atoms with E-state index in [-0.39, 0.29) is 0 Å². The molecule has 0 radical (unpaired) electrons. The van der Waals surface area contributed by atoms with Crippen molar-refractivity contribution in [2.75, 3.05) is 34.7 Å². The van der Waals surface area contributed by atoms with E-state index in [0.717, 1.165) is 6.54 Å². The number of nitrogens with one attached hydrogen (secondary N) is 1. The molecule has 0 saturated carbocycles. The van der Waals surface area contributed by atoms with Crippen LogP contribution in [0.4, 0.5) is 0 Å². The van der Waals surface area contributed by atoms with Gasteiger partial charge < -0.3 is 9.80 Å². The molecule has 14 heavy (non-hydrogen) atoms. The first-order valence-corrected chi connectivity index (χ1v) is 5.74. The van der Waals surface area contributed by atoms with Gasteiger partial charge in [0.2, 0.25) is 0 Å². The zero-order chi connectivity index (χ0) is 10.6. The van der Waals surface area contributed by atoms with Gasteiger partial charge in [0.05, 0.1) is 20.6 Å². The number of thiophene rings is 1. The van der Waals surface area contributed by atoms with Crippen LogP contribution in [0.15, 0.2) is 22.9 Å². The van der Waals surface area contributed by atoms with Crippen molar-refractivity contribution in [2.24, 2.45) is 0 Å². The Hall–Kier alpha value is -0.800. The molecule has 1 heterocycles. The van der Waals surface area contributed by atoms with E-state index >= 15 is 0 Å². The Balaban J connectivity index is 2.80. The minimum atomic E-state index is 1.06. The largest absolute Gasteiger partial charge is 0.377 e. The highest BCUT2D eigenvalue weighted by Crippen LogP contribution is 2.18. The highest BCUT2D eigenvalue weighted by Gasteiger charge is 2.04. The van der Waals surface area contributed by atoms with Crippen LogP contribution in [0.3, 0.4) is 0 Å². The summed E-state index contributed by atoms with van der Waals surface area (Å²) in [5.41, 5.74) is 2.63. The predicted molar refractivity (Wildman–Crippen MR) is 63.7 cm³/mol. The second-order valence-corrected chi connectivity index (χ2v) is 4.69. The highest BCUT2D eigenvalue weighted by molar-refractivity contribution is 7.08. The van der Waals surface area contributed by atoms with Crippen molar-refractivity contribution in [1.29, 1.82) is 0 Å². The van der Waals surface area contributed by atoms with E-state index in [9.17, 15) is 0 Å². The van der Waals surface area contributed by atoms with Crippen molar-refractivity contribution < 1.29 is 4.90 Å². The molecule has 0 saturated heterocycles. The lowest BCUT2D eigenvalue weighted by atomic mass is 10.2. The molecule has 0 aromatic carbocycles. The number of rotatable bonds is 4. The molecule has 1 N–H and O–H groups in total. The van der Waals surface area contributed by atoms with Crippen molar-refractivity contribution in [2.45, 2.75) is 0 Å². The molecule has 1 aromatic heterocycles. The van der Waals surface area contributed by atoms with Crippen LogP contribution in [0.25, 0.3) is 5.70 Å². The fourth-order valence-corrected chi connectivity index (χ4v) is 1.92. The van der Waals surface area contributed by atoms with Gasteiger partial charge in [0, 0.05) is 25.4 Å². The maximum absolute atomic E-state index is 2.29. The standard InChI is InChI=1S/C11H18N2S/c1-12(2)7-5-11(13(3)4)10-6-8-14-9-10/h5-6,8-9H,7H2,1-4H3/p+1/b11-5-. The first-order chi connectivity index (χ1) is 6.61. The fourth-order valence-electron chi connectivity index (χ4n) is 1.27. The minimum Gasteiger partial charge on any atom is -0.377 e. The van der Waals surface area contributed by atoms with Crippen LogP contribution in [-0.2, 0) is 0 Å². The maximum atomic E-state index is 2.29. The van der Waals surface area contributed by atoms with Crippen LogP contribution in [0, 0.1) is 0 Å². The summed E-state index contributed by atoms with van der Waals surface area (Å²) in [4.78, 5) is 3.62. The Labute approximate surface area is 90.5 Å². The summed E-state index contributed by atoms with van der Waals surface area (Å²) in [6.45, 7) is 1.06. The van der Waals surface area contributed by atoms with Crippen LogP contribution >= 0.6 is 11.3 Å². The van der Waals surface area contributed by atoms with Crippen molar-refractivity contribution >= 4 is 17.0 Å². The molecule has 0 unspecified atom stereocenters.